The van der Waals surface area contributed by atoms with Crippen molar-refractivity contribution in [2.45, 2.75) is 18.9 Å². The molecule has 0 heterocycles. The van der Waals surface area contributed by atoms with Gasteiger partial charge in [0.15, 0.2) is 0 Å². The van der Waals surface area contributed by atoms with Crippen molar-refractivity contribution >= 4 is 15.9 Å². The van der Waals surface area contributed by atoms with Gasteiger partial charge in [-0.2, -0.15) is 0 Å². The molecule has 1 unspecified atom stereocenters. The Balaban J connectivity index is 2.18. The average Bonchev–Trinajstić information content (AvgIpc) is 2.46. The summed E-state index contributed by atoms with van der Waals surface area (Å²) >= 11 is 3.06. The van der Waals surface area contributed by atoms with Gasteiger partial charge in [0, 0.05) is 11.6 Å². The topological polar surface area (TPSA) is 12.0 Å². The molecule has 0 aromatic heterocycles. The number of rotatable bonds is 5. The quantitative estimate of drug-likeness (QED) is 0.789. The number of hydrogen-bond donors (Lipinski definition) is 1. The molecule has 0 saturated heterocycles. The Morgan fingerprint density at radius 1 is 1.10 bits per heavy atom. The van der Waals surface area contributed by atoms with Crippen LogP contribution >= 0.6 is 15.9 Å². The van der Waals surface area contributed by atoms with Crippen LogP contribution in [0.25, 0.3) is 0 Å². The first-order chi connectivity index (χ1) is 10.0. The molecule has 0 radical (unpaired) electrons. The standard InChI is InChI=1S/C16H15BrF3N/c1-21-12(8-10-3-2-4-11(18)7-10)9-13-15(19)6-5-14(17)16(13)20/h2-7,12,21H,8-9H2,1H3. The van der Waals surface area contributed by atoms with Gasteiger partial charge in [-0.25, -0.2) is 13.2 Å². The van der Waals surface area contributed by atoms with E-state index in [9.17, 15) is 13.2 Å². The summed E-state index contributed by atoms with van der Waals surface area (Å²) in [6.45, 7) is 0. The Bertz CT molecular complexity index is 631. The Morgan fingerprint density at radius 2 is 1.86 bits per heavy atom. The summed E-state index contributed by atoms with van der Waals surface area (Å²) in [5.41, 5.74) is 0.810. The smallest absolute Gasteiger partial charge is 0.143 e. The molecule has 0 aliphatic rings. The Labute approximate surface area is 130 Å². The van der Waals surface area contributed by atoms with E-state index in [1.165, 1.54) is 24.3 Å². The number of benzene rings is 2. The molecule has 1 atom stereocenters. The van der Waals surface area contributed by atoms with Crippen LogP contribution in [0.2, 0.25) is 0 Å². The molecule has 1 N–H and O–H groups in total. The summed E-state index contributed by atoms with van der Waals surface area (Å²) in [6, 6.07) is 8.60. The van der Waals surface area contributed by atoms with Gasteiger partial charge in [-0.15, -0.1) is 0 Å². The monoisotopic (exact) mass is 357 g/mol. The maximum Gasteiger partial charge on any atom is 0.143 e. The lowest BCUT2D eigenvalue weighted by Gasteiger charge is -2.17. The summed E-state index contributed by atoms with van der Waals surface area (Å²) in [5.74, 6) is -1.48. The molecular weight excluding hydrogens is 343 g/mol. The van der Waals surface area contributed by atoms with E-state index in [2.05, 4.69) is 21.2 Å². The van der Waals surface area contributed by atoms with Crippen LogP contribution in [0.3, 0.4) is 0 Å². The molecule has 5 heteroatoms. The van der Waals surface area contributed by atoms with Crippen molar-refractivity contribution in [3.8, 4) is 0 Å². The van der Waals surface area contributed by atoms with E-state index in [-0.39, 0.29) is 28.3 Å². The molecule has 0 bridgehead atoms. The van der Waals surface area contributed by atoms with Gasteiger partial charge in [0.05, 0.1) is 4.47 Å². The van der Waals surface area contributed by atoms with Crippen LogP contribution in [0.5, 0.6) is 0 Å². The van der Waals surface area contributed by atoms with Crippen molar-refractivity contribution in [3.05, 3.63) is 69.4 Å². The van der Waals surface area contributed by atoms with Gasteiger partial charge >= 0.3 is 0 Å². The van der Waals surface area contributed by atoms with E-state index in [0.29, 0.717) is 6.42 Å². The van der Waals surface area contributed by atoms with E-state index < -0.39 is 11.6 Å². The van der Waals surface area contributed by atoms with Gasteiger partial charge in [0.2, 0.25) is 0 Å². The lowest BCUT2D eigenvalue weighted by Crippen LogP contribution is -2.30. The van der Waals surface area contributed by atoms with Crippen LogP contribution in [0.4, 0.5) is 13.2 Å². The Hall–Kier alpha value is -1.33. The fourth-order valence-electron chi connectivity index (χ4n) is 2.23. The third-order valence-corrected chi connectivity index (χ3v) is 3.98. The van der Waals surface area contributed by atoms with E-state index in [0.717, 1.165) is 5.56 Å². The Morgan fingerprint density at radius 3 is 2.52 bits per heavy atom. The highest BCUT2D eigenvalue weighted by atomic mass is 79.9. The zero-order valence-electron chi connectivity index (χ0n) is 11.5. The summed E-state index contributed by atoms with van der Waals surface area (Å²) in [4.78, 5) is 0. The first-order valence-corrected chi connectivity index (χ1v) is 7.34. The van der Waals surface area contributed by atoms with Crippen molar-refractivity contribution in [1.82, 2.24) is 5.32 Å². The third-order valence-electron chi connectivity index (χ3n) is 3.37. The van der Waals surface area contributed by atoms with Crippen molar-refractivity contribution in [1.29, 1.82) is 0 Å². The lowest BCUT2D eigenvalue weighted by molar-refractivity contribution is 0.499. The van der Waals surface area contributed by atoms with Crippen LogP contribution in [-0.2, 0) is 12.8 Å². The van der Waals surface area contributed by atoms with Crippen molar-refractivity contribution in [2.75, 3.05) is 7.05 Å². The molecule has 0 aliphatic carbocycles. The van der Waals surface area contributed by atoms with Gasteiger partial charge in [-0.1, -0.05) is 12.1 Å². The normalized spacial score (nSPS) is 12.4. The maximum absolute atomic E-state index is 14.0. The summed E-state index contributed by atoms with van der Waals surface area (Å²) in [7, 11) is 1.72. The molecule has 0 fully saturated rings. The SMILES string of the molecule is CNC(Cc1cccc(F)c1)Cc1c(F)ccc(Br)c1F. The van der Waals surface area contributed by atoms with Crippen LogP contribution in [0.1, 0.15) is 11.1 Å². The number of halogens is 4. The summed E-state index contributed by atoms with van der Waals surface area (Å²) in [5, 5.41) is 3.02. The number of likely N-dealkylation sites (N-methyl/N-ethyl adjacent to an activating group) is 1. The average molecular weight is 358 g/mol. The second-order valence-corrected chi connectivity index (χ2v) is 5.70. The zero-order valence-corrected chi connectivity index (χ0v) is 13.1. The van der Waals surface area contributed by atoms with Gasteiger partial charge in [-0.05, 0) is 65.6 Å². The van der Waals surface area contributed by atoms with Gasteiger partial charge < -0.3 is 5.32 Å². The molecule has 21 heavy (non-hydrogen) atoms. The van der Waals surface area contributed by atoms with Crippen LogP contribution in [-0.4, -0.2) is 13.1 Å². The largest absolute Gasteiger partial charge is 0.316 e. The van der Waals surface area contributed by atoms with Gasteiger partial charge in [0.1, 0.15) is 17.5 Å². The molecule has 0 saturated carbocycles. The van der Waals surface area contributed by atoms with Crippen LogP contribution < -0.4 is 5.32 Å². The second-order valence-electron chi connectivity index (χ2n) is 4.85. The van der Waals surface area contributed by atoms with Crippen LogP contribution in [0, 0.1) is 17.5 Å². The van der Waals surface area contributed by atoms with E-state index >= 15 is 0 Å². The minimum absolute atomic E-state index is 0.0279. The lowest BCUT2D eigenvalue weighted by atomic mass is 9.98. The minimum atomic E-state index is -0.588. The van der Waals surface area contributed by atoms with Gasteiger partial charge in [-0.3, -0.25) is 0 Å². The number of hydrogen-bond acceptors (Lipinski definition) is 1. The molecule has 2 rings (SSSR count). The summed E-state index contributed by atoms with van der Waals surface area (Å²) in [6.07, 6.45) is 0.670. The van der Waals surface area contributed by atoms with E-state index in [1.54, 1.807) is 19.2 Å². The van der Waals surface area contributed by atoms with Crippen LogP contribution in [0.15, 0.2) is 40.9 Å². The predicted octanol–water partition coefficient (Wildman–Crippen LogP) is 4.24. The summed E-state index contributed by atoms with van der Waals surface area (Å²) < 4.78 is 41.2. The molecule has 0 spiro atoms. The van der Waals surface area contributed by atoms with Crippen molar-refractivity contribution in [3.63, 3.8) is 0 Å². The van der Waals surface area contributed by atoms with E-state index in [4.69, 9.17) is 0 Å². The molecule has 0 aliphatic heterocycles. The predicted molar refractivity (Wildman–Crippen MR) is 80.7 cm³/mol. The van der Waals surface area contributed by atoms with Gasteiger partial charge in [0.25, 0.3) is 0 Å². The molecule has 0 amide bonds. The van der Waals surface area contributed by atoms with Crippen molar-refractivity contribution < 1.29 is 13.2 Å². The highest BCUT2D eigenvalue weighted by molar-refractivity contribution is 9.10. The van der Waals surface area contributed by atoms with E-state index in [1.807, 2.05) is 0 Å². The Kier molecular flexibility index (Phi) is 5.42. The molecule has 2 aromatic rings. The zero-order chi connectivity index (χ0) is 15.4. The highest BCUT2D eigenvalue weighted by Crippen LogP contribution is 2.23. The first-order valence-electron chi connectivity index (χ1n) is 6.55. The maximum atomic E-state index is 14.0. The molecule has 2 aromatic carbocycles. The molecular formula is C16H15BrF3N. The minimum Gasteiger partial charge on any atom is -0.316 e. The molecule has 1 nitrogen and oxygen atoms in total. The molecule has 112 valence electrons. The first kappa shape index (κ1) is 16.0. The third kappa shape index (κ3) is 4.08. The fourth-order valence-corrected chi connectivity index (χ4v) is 2.60. The second kappa shape index (κ2) is 7.09. The fraction of sp³-hybridized carbons (Fsp3) is 0.250. The van der Waals surface area contributed by atoms with Crippen molar-refractivity contribution in [2.24, 2.45) is 0 Å². The number of nitrogens with one attached hydrogen (secondary N) is 1. The highest BCUT2D eigenvalue weighted by Gasteiger charge is 2.17.